The monoisotopic (exact) mass is 375 g/mol. The molecule has 0 aliphatic carbocycles. The highest BCUT2D eigenvalue weighted by atomic mass is 19.1. The largest absolute Gasteiger partial charge is 0.378 e. The van der Waals surface area contributed by atoms with Crippen molar-refractivity contribution in [2.24, 2.45) is 0 Å². The lowest BCUT2D eigenvalue weighted by Gasteiger charge is -2.28. The predicted molar refractivity (Wildman–Crippen MR) is 101 cm³/mol. The van der Waals surface area contributed by atoms with E-state index in [1.807, 2.05) is 24.3 Å². The maximum absolute atomic E-state index is 13.8. The van der Waals surface area contributed by atoms with Gasteiger partial charge in [-0.3, -0.25) is 4.79 Å². The summed E-state index contributed by atoms with van der Waals surface area (Å²) in [5.41, 5.74) is 2.10. The molecule has 27 heavy (non-hydrogen) atoms. The van der Waals surface area contributed by atoms with Crippen LogP contribution in [0.25, 0.3) is 0 Å². The second kappa shape index (κ2) is 8.92. The molecule has 2 N–H and O–H groups in total. The maximum Gasteiger partial charge on any atom is 0.238 e. The summed E-state index contributed by atoms with van der Waals surface area (Å²) in [5.74, 6) is -1.49. The summed E-state index contributed by atoms with van der Waals surface area (Å²) in [7, 11) is 0. The topological polar surface area (TPSA) is 53.6 Å². The lowest BCUT2D eigenvalue weighted by molar-refractivity contribution is -0.115. The third-order valence-corrected chi connectivity index (χ3v) is 4.53. The Bertz CT molecular complexity index is 777. The molecule has 1 fully saturated rings. The molecule has 0 radical (unpaired) electrons. The van der Waals surface area contributed by atoms with Crippen LogP contribution in [-0.4, -0.2) is 38.8 Å². The fourth-order valence-electron chi connectivity index (χ4n) is 2.99. The summed E-state index contributed by atoms with van der Waals surface area (Å²) < 4.78 is 32.1. The number of hydrogen-bond donors (Lipinski definition) is 2. The van der Waals surface area contributed by atoms with Crippen molar-refractivity contribution in [3.63, 3.8) is 0 Å². The molecule has 144 valence electrons. The molecule has 0 aromatic heterocycles. The fourth-order valence-corrected chi connectivity index (χ4v) is 2.99. The van der Waals surface area contributed by atoms with Crippen molar-refractivity contribution in [3.05, 3.63) is 59.7 Å². The van der Waals surface area contributed by atoms with Crippen molar-refractivity contribution < 1.29 is 18.3 Å². The van der Waals surface area contributed by atoms with E-state index in [1.165, 1.54) is 12.1 Å². The zero-order valence-electron chi connectivity index (χ0n) is 15.2. The van der Waals surface area contributed by atoms with Crippen LogP contribution in [0.5, 0.6) is 0 Å². The SMILES string of the molecule is C[C@@H](NCC(=O)Nc1ccc(N2CCOCC2)cc1)c1ccc(F)cc1F. The predicted octanol–water partition coefficient (Wildman–Crippen LogP) is 3.09. The summed E-state index contributed by atoms with van der Waals surface area (Å²) in [5, 5.41) is 5.75. The van der Waals surface area contributed by atoms with Gasteiger partial charge < -0.3 is 20.3 Å². The van der Waals surface area contributed by atoms with E-state index in [-0.39, 0.29) is 12.5 Å². The molecule has 1 heterocycles. The van der Waals surface area contributed by atoms with Crippen molar-refractivity contribution >= 4 is 17.3 Å². The van der Waals surface area contributed by atoms with E-state index in [4.69, 9.17) is 4.74 Å². The van der Waals surface area contributed by atoms with Gasteiger partial charge >= 0.3 is 0 Å². The average Bonchev–Trinajstić information content (AvgIpc) is 2.67. The van der Waals surface area contributed by atoms with Gasteiger partial charge in [-0.15, -0.1) is 0 Å². The molecule has 0 spiro atoms. The summed E-state index contributed by atoms with van der Waals surface area (Å²) >= 11 is 0. The molecule has 1 aliphatic rings. The van der Waals surface area contributed by atoms with E-state index in [2.05, 4.69) is 15.5 Å². The standard InChI is InChI=1S/C20H23F2N3O2/c1-14(18-7-2-15(21)12-19(18)22)23-13-20(26)24-16-3-5-17(6-4-16)25-8-10-27-11-9-25/h2-7,12,14,23H,8-11,13H2,1H3,(H,24,26)/t14-/m1/s1. The van der Waals surface area contributed by atoms with Crippen molar-refractivity contribution in [2.75, 3.05) is 43.1 Å². The summed E-state index contributed by atoms with van der Waals surface area (Å²) in [6.07, 6.45) is 0. The highest BCUT2D eigenvalue weighted by Gasteiger charge is 2.14. The Balaban J connectivity index is 1.50. The number of benzene rings is 2. The molecule has 1 aliphatic heterocycles. The zero-order chi connectivity index (χ0) is 19.2. The zero-order valence-corrected chi connectivity index (χ0v) is 15.2. The van der Waals surface area contributed by atoms with Crippen LogP contribution in [-0.2, 0) is 9.53 Å². The highest BCUT2D eigenvalue weighted by molar-refractivity contribution is 5.92. The minimum absolute atomic E-state index is 0.0171. The number of carbonyl (C=O) groups is 1. The highest BCUT2D eigenvalue weighted by Crippen LogP contribution is 2.19. The average molecular weight is 375 g/mol. The number of nitrogens with zero attached hydrogens (tertiary/aromatic N) is 1. The molecule has 5 nitrogen and oxygen atoms in total. The number of amides is 1. The molecular formula is C20H23F2N3O2. The maximum atomic E-state index is 13.8. The lowest BCUT2D eigenvalue weighted by atomic mass is 10.1. The lowest BCUT2D eigenvalue weighted by Crippen LogP contribution is -2.36. The van der Waals surface area contributed by atoms with Gasteiger partial charge in [0.15, 0.2) is 0 Å². The Kier molecular flexibility index (Phi) is 6.36. The number of nitrogens with one attached hydrogen (secondary N) is 2. The van der Waals surface area contributed by atoms with Crippen LogP contribution in [0, 0.1) is 11.6 Å². The normalized spacial score (nSPS) is 15.4. The number of morpholine rings is 1. The Hall–Kier alpha value is -2.51. The second-order valence-corrected chi connectivity index (χ2v) is 6.46. The van der Waals surface area contributed by atoms with Crippen LogP contribution < -0.4 is 15.5 Å². The van der Waals surface area contributed by atoms with Crippen LogP contribution in [0.4, 0.5) is 20.2 Å². The fraction of sp³-hybridized carbons (Fsp3) is 0.350. The summed E-state index contributed by atoms with van der Waals surface area (Å²) in [6, 6.07) is 10.6. The van der Waals surface area contributed by atoms with Gasteiger partial charge in [-0.1, -0.05) is 6.07 Å². The Morgan fingerprint density at radius 3 is 2.52 bits per heavy atom. The van der Waals surface area contributed by atoms with Gasteiger partial charge in [0.2, 0.25) is 5.91 Å². The van der Waals surface area contributed by atoms with Crippen LogP contribution >= 0.6 is 0 Å². The molecule has 2 aromatic carbocycles. The van der Waals surface area contributed by atoms with Crippen molar-refractivity contribution in [3.8, 4) is 0 Å². The van der Waals surface area contributed by atoms with Gasteiger partial charge in [-0.2, -0.15) is 0 Å². The Morgan fingerprint density at radius 2 is 1.85 bits per heavy atom. The van der Waals surface area contributed by atoms with Crippen LogP contribution in [0.1, 0.15) is 18.5 Å². The minimum atomic E-state index is -0.630. The van der Waals surface area contributed by atoms with Gasteiger partial charge in [-0.25, -0.2) is 8.78 Å². The van der Waals surface area contributed by atoms with Gasteiger partial charge in [0, 0.05) is 42.1 Å². The van der Waals surface area contributed by atoms with Crippen LogP contribution in [0.15, 0.2) is 42.5 Å². The molecular weight excluding hydrogens is 352 g/mol. The van der Waals surface area contributed by atoms with Crippen LogP contribution in [0.3, 0.4) is 0 Å². The van der Waals surface area contributed by atoms with Gasteiger partial charge in [0.1, 0.15) is 11.6 Å². The molecule has 0 saturated carbocycles. The van der Waals surface area contributed by atoms with E-state index in [1.54, 1.807) is 6.92 Å². The van der Waals surface area contributed by atoms with Gasteiger partial charge in [0.05, 0.1) is 19.8 Å². The molecule has 7 heteroatoms. The smallest absolute Gasteiger partial charge is 0.238 e. The van der Waals surface area contributed by atoms with Crippen LogP contribution in [0.2, 0.25) is 0 Å². The van der Waals surface area contributed by atoms with Crippen molar-refractivity contribution in [1.82, 2.24) is 5.32 Å². The second-order valence-electron chi connectivity index (χ2n) is 6.46. The van der Waals surface area contributed by atoms with E-state index in [0.29, 0.717) is 11.3 Å². The Labute approximate surface area is 157 Å². The van der Waals surface area contributed by atoms with Gasteiger partial charge in [0.25, 0.3) is 0 Å². The summed E-state index contributed by atoms with van der Waals surface area (Å²) in [4.78, 5) is 14.4. The van der Waals surface area contributed by atoms with E-state index in [9.17, 15) is 13.6 Å². The molecule has 2 aromatic rings. The number of carbonyl (C=O) groups excluding carboxylic acids is 1. The van der Waals surface area contributed by atoms with Crippen molar-refractivity contribution in [2.45, 2.75) is 13.0 Å². The molecule has 1 amide bonds. The first-order chi connectivity index (χ1) is 13.0. The third-order valence-electron chi connectivity index (χ3n) is 4.53. The number of halogens is 2. The number of rotatable bonds is 6. The van der Waals surface area contributed by atoms with E-state index < -0.39 is 17.7 Å². The van der Waals surface area contributed by atoms with Crippen molar-refractivity contribution in [1.29, 1.82) is 0 Å². The van der Waals surface area contributed by atoms with E-state index >= 15 is 0 Å². The minimum Gasteiger partial charge on any atom is -0.378 e. The first kappa shape index (κ1) is 19.3. The number of hydrogen-bond acceptors (Lipinski definition) is 4. The van der Waals surface area contributed by atoms with E-state index in [0.717, 1.165) is 38.1 Å². The number of anilines is 2. The third kappa shape index (κ3) is 5.24. The summed E-state index contributed by atoms with van der Waals surface area (Å²) in [6.45, 7) is 4.89. The molecule has 0 unspecified atom stereocenters. The molecule has 0 bridgehead atoms. The number of ether oxygens (including phenoxy) is 1. The quantitative estimate of drug-likeness (QED) is 0.815. The molecule has 1 atom stereocenters. The first-order valence-corrected chi connectivity index (χ1v) is 8.94. The first-order valence-electron chi connectivity index (χ1n) is 8.94. The Morgan fingerprint density at radius 1 is 1.15 bits per heavy atom. The van der Waals surface area contributed by atoms with Gasteiger partial charge in [-0.05, 0) is 37.3 Å². The molecule has 3 rings (SSSR count). The molecule has 1 saturated heterocycles.